The maximum atomic E-state index is 13.2. The van der Waals surface area contributed by atoms with Crippen LogP contribution in [0.1, 0.15) is 40.5 Å². The number of hydrogen-bond donors (Lipinski definition) is 1. The Hall–Kier alpha value is -2.83. The van der Waals surface area contributed by atoms with Crippen LogP contribution in [0.5, 0.6) is 0 Å². The number of benzene rings is 1. The Labute approximate surface area is 136 Å². The van der Waals surface area contributed by atoms with Crippen LogP contribution in [-0.4, -0.2) is 20.5 Å². The molecule has 1 N–H and O–H groups in total. The summed E-state index contributed by atoms with van der Waals surface area (Å²) in [7, 11) is 0. The van der Waals surface area contributed by atoms with E-state index in [0.717, 1.165) is 30.8 Å². The molecule has 1 amide bonds. The summed E-state index contributed by atoms with van der Waals surface area (Å²) >= 11 is 0. The van der Waals surface area contributed by atoms with Crippen molar-refractivity contribution in [2.45, 2.75) is 25.3 Å². The van der Waals surface area contributed by atoms with E-state index in [1.807, 2.05) is 4.40 Å². The van der Waals surface area contributed by atoms with Gasteiger partial charge < -0.3 is 5.32 Å². The molecule has 2 heterocycles. The molecule has 24 heavy (non-hydrogen) atoms. The van der Waals surface area contributed by atoms with Crippen molar-refractivity contribution in [1.82, 2.24) is 19.9 Å². The molecule has 1 saturated carbocycles. The molecule has 1 fully saturated rings. The lowest BCUT2D eigenvalue weighted by molar-refractivity contribution is 0.0950. The molecule has 0 aliphatic heterocycles. The Morgan fingerprint density at radius 3 is 2.75 bits per heavy atom. The Bertz CT molecular complexity index is 933. The highest BCUT2D eigenvalue weighted by Crippen LogP contribution is 2.38. The van der Waals surface area contributed by atoms with Crippen LogP contribution in [-0.2, 0) is 6.54 Å². The van der Waals surface area contributed by atoms with Crippen LogP contribution in [0.3, 0.4) is 0 Å². The molecule has 5 nitrogen and oxygen atoms in total. The second-order valence-electron chi connectivity index (χ2n) is 5.91. The normalized spacial score (nSPS) is 14.1. The maximum Gasteiger partial charge on any atom is 0.253 e. The Balaban J connectivity index is 1.52. The molecular weight excluding hydrogens is 314 g/mol. The summed E-state index contributed by atoms with van der Waals surface area (Å²) in [5, 5.41) is 11.0. The first-order valence-electron chi connectivity index (χ1n) is 7.68. The van der Waals surface area contributed by atoms with Crippen LogP contribution in [0.25, 0.3) is 5.65 Å². The third-order valence-electron chi connectivity index (χ3n) is 4.07. The topological polar surface area (TPSA) is 59.3 Å². The smallest absolute Gasteiger partial charge is 0.253 e. The first-order valence-corrected chi connectivity index (χ1v) is 7.68. The molecule has 122 valence electrons. The van der Waals surface area contributed by atoms with Gasteiger partial charge in [-0.25, -0.2) is 8.78 Å². The van der Waals surface area contributed by atoms with Gasteiger partial charge in [-0.1, -0.05) is 6.07 Å². The fraction of sp³-hybridized carbons (Fsp3) is 0.235. The van der Waals surface area contributed by atoms with E-state index in [1.54, 1.807) is 18.3 Å². The molecule has 7 heteroatoms. The molecule has 1 aliphatic carbocycles. The second-order valence-corrected chi connectivity index (χ2v) is 5.91. The van der Waals surface area contributed by atoms with Crippen LogP contribution >= 0.6 is 0 Å². The number of fused-ring (bicyclic) bond motifs is 1. The Kier molecular flexibility index (Phi) is 3.48. The molecule has 4 rings (SSSR count). The molecular formula is C17H14F2N4O. The highest BCUT2D eigenvalue weighted by molar-refractivity contribution is 5.94. The van der Waals surface area contributed by atoms with Crippen molar-refractivity contribution in [1.29, 1.82) is 0 Å². The maximum absolute atomic E-state index is 13.2. The number of carbonyl (C=O) groups is 1. The largest absolute Gasteiger partial charge is 0.348 e. The lowest BCUT2D eigenvalue weighted by atomic mass is 10.2. The second kappa shape index (κ2) is 5.67. The predicted octanol–water partition coefficient (Wildman–Crippen LogP) is 2.81. The van der Waals surface area contributed by atoms with Crippen LogP contribution in [0.15, 0.2) is 36.5 Å². The van der Waals surface area contributed by atoms with Gasteiger partial charge in [0.2, 0.25) is 0 Å². The van der Waals surface area contributed by atoms with Crippen LogP contribution in [0, 0.1) is 11.6 Å². The van der Waals surface area contributed by atoms with E-state index in [-0.39, 0.29) is 12.5 Å². The lowest BCUT2D eigenvalue weighted by Crippen LogP contribution is -2.23. The molecule has 0 saturated heterocycles. The van der Waals surface area contributed by atoms with E-state index >= 15 is 0 Å². The van der Waals surface area contributed by atoms with Crippen LogP contribution in [0.4, 0.5) is 8.78 Å². The minimum atomic E-state index is -0.929. The van der Waals surface area contributed by atoms with E-state index in [0.29, 0.717) is 22.7 Å². The molecule has 0 bridgehead atoms. The lowest BCUT2D eigenvalue weighted by Gasteiger charge is -2.07. The van der Waals surface area contributed by atoms with Crippen LogP contribution in [0.2, 0.25) is 0 Å². The minimum Gasteiger partial charge on any atom is -0.348 e. The number of pyridine rings is 1. The summed E-state index contributed by atoms with van der Waals surface area (Å²) in [6, 6.07) is 6.96. The van der Waals surface area contributed by atoms with E-state index < -0.39 is 11.6 Å². The van der Waals surface area contributed by atoms with E-state index in [2.05, 4.69) is 15.5 Å². The zero-order chi connectivity index (χ0) is 16.7. The molecule has 3 aromatic rings. The third kappa shape index (κ3) is 2.73. The van der Waals surface area contributed by atoms with Gasteiger partial charge in [0.25, 0.3) is 5.91 Å². The molecule has 0 unspecified atom stereocenters. The number of amides is 1. The summed E-state index contributed by atoms with van der Waals surface area (Å²) in [6.45, 7) is 0.117. The monoisotopic (exact) mass is 328 g/mol. The van der Waals surface area contributed by atoms with E-state index in [9.17, 15) is 13.6 Å². The fourth-order valence-corrected chi connectivity index (χ4v) is 2.60. The quantitative estimate of drug-likeness (QED) is 0.801. The Morgan fingerprint density at radius 1 is 1.17 bits per heavy atom. The number of hydrogen-bond acceptors (Lipinski definition) is 3. The first-order chi connectivity index (χ1) is 11.6. The van der Waals surface area contributed by atoms with E-state index in [1.165, 1.54) is 6.07 Å². The highest BCUT2D eigenvalue weighted by Gasteiger charge is 2.28. The van der Waals surface area contributed by atoms with Gasteiger partial charge >= 0.3 is 0 Å². The number of nitrogens with zero attached hydrogens (tertiary/aromatic N) is 3. The summed E-state index contributed by atoms with van der Waals surface area (Å²) < 4.78 is 27.9. The van der Waals surface area contributed by atoms with Gasteiger partial charge in [0.1, 0.15) is 5.82 Å². The zero-order valence-electron chi connectivity index (χ0n) is 12.7. The molecule has 1 aromatic carbocycles. The SMILES string of the molecule is O=C(NCc1ccc(F)c(F)c1)c1ccc2nnc(C3CC3)n2c1. The van der Waals surface area contributed by atoms with E-state index in [4.69, 9.17) is 0 Å². The summed E-state index contributed by atoms with van der Waals surface area (Å²) in [4.78, 5) is 12.3. The van der Waals surface area contributed by atoms with Crippen LogP contribution < -0.4 is 5.32 Å². The van der Waals surface area contributed by atoms with Gasteiger partial charge in [0.05, 0.1) is 5.56 Å². The van der Waals surface area contributed by atoms with Crippen molar-refractivity contribution in [2.75, 3.05) is 0 Å². The number of aromatic nitrogens is 3. The molecule has 2 aromatic heterocycles. The highest BCUT2D eigenvalue weighted by atomic mass is 19.2. The van der Waals surface area contributed by atoms with Crippen molar-refractivity contribution in [3.8, 4) is 0 Å². The predicted molar refractivity (Wildman–Crippen MR) is 82.5 cm³/mol. The zero-order valence-corrected chi connectivity index (χ0v) is 12.7. The number of rotatable bonds is 4. The average Bonchev–Trinajstić information content (AvgIpc) is 3.34. The number of nitrogens with one attached hydrogen (secondary N) is 1. The molecule has 0 atom stereocenters. The van der Waals surface area contributed by atoms with Gasteiger partial charge in [0, 0.05) is 18.7 Å². The van der Waals surface area contributed by atoms with Gasteiger partial charge in [-0.3, -0.25) is 9.20 Å². The Morgan fingerprint density at radius 2 is 2.00 bits per heavy atom. The van der Waals surface area contributed by atoms with Crippen molar-refractivity contribution in [3.63, 3.8) is 0 Å². The van der Waals surface area contributed by atoms with Gasteiger partial charge in [0.15, 0.2) is 17.3 Å². The van der Waals surface area contributed by atoms with Crippen molar-refractivity contribution < 1.29 is 13.6 Å². The third-order valence-corrected chi connectivity index (χ3v) is 4.07. The summed E-state index contributed by atoms with van der Waals surface area (Å²) in [5.74, 6) is -0.838. The van der Waals surface area contributed by atoms with Crippen molar-refractivity contribution in [2.24, 2.45) is 0 Å². The number of halogens is 2. The fourth-order valence-electron chi connectivity index (χ4n) is 2.60. The average molecular weight is 328 g/mol. The van der Waals surface area contributed by atoms with Crippen molar-refractivity contribution >= 4 is 11.6 Å². The minimum absolute atomic E-state index is 0.117. The standard InChI is InChI=1S/C17H14F2N4O/c18-13-5-1-10(7-14(13)19)8-20-17(24)12-4-6-15-21-22-16(11-2-3-11)23(15)9-12/h1,4-7,9,11H,2-3,8H2,(H,20,24). The molecule has 0 spiro atoms. The molecule has 1 aliphatic rings. The van der Waals surface area contributed by atoms with Gasteiger partial charge in [-0.15, -0.1) is 10.2 Å². The first kappa shape index (κ1) is 14.7. The van der Waals surface area contributed by atoms with Crippen molar-refractivity contribution in [3.05, 3.63) is 65.1 Å². The number of carbonyl (C=O) groups excluding carboxylic acids is 1. The van der Waals surface area contributed by atoms with Gasteiger partial charge in [-0.2, -0.15) is 0 Å². The van der Waals surface area contributed by atoms with Gasteiger partial charge in [-0.05, 0) is 42.7 Å². The molecule has 0 radical (unpaired) electrons. The summed E-state index contributed by atoms with van der Waals surface area (Å²) in [6.07, 6.45) is 3.89. The summed E-state index contributed by atoms with van der Waals surface area (Å²) in [5.41, 5.74) is 1.66.